The third-order valence-corrected chi connectivity index (χ3v) is 5.65. The van der Waals surface area contributed by atoms with Crippen LogP contribution in [0.3, 0.4) is 0 Å². The number of carbonyl (C=O) groups is 2. The maximum atomic E-state index is 12.1. The summed E-state index contributed by atoms with van der Waals surface area (Å²) in [4.78, 5) is 29.5. The number of anilines is 1. The van der Waals surface area contributed by atoms with E-state index < -0.39 is 11.8 Å². The molecule has 30 heavy (non-hydrogen) atoms. The van der Waals surface area contributed by atoms with Crippen molar-refractivity contribution in [1.82, 2.24) is 19.9 Å². The van der Waals surface area contributed by atoms with Crippen LogP contribution in [0.4, 0.5) is 5.69 Å². The van der Waals surface area contributed by atoms with Gasteiger partial charge in [0.2, 0.25) is 4.96 Å². The number of nitrogens with zero attached hydrogens (tertiary/aromatic N) is 3. The number of para-hydroxylation sites is 1. The van der Waals surface area contributed by atoms with Gasteiger partial charge in [0.05, 0.1) is 16.4 Å². The van der Waals surface area contributed by atoms with Crippen molar-refractivity contribution in [1.29, 1.82) is 0 Å². The molecule has 9 heteroatoms. The van der Waals surface area contributed by atoms with Crippen molar-refractivity contribution < 1.29 is 9.59 Å². The number of hydrogen-bond donors (Lipinski definition) is 2. The van der Waals surface area contributed by atoms with E-state index in [0.29, 0.717) is 29.5 Å². The normalized spacial score (nSPS) is 10.9. The second-order valence-electron chi connectivity index (χ2n) is 6.66. The SMILES string of the molecule is Cc1ccc(-c2nc3scc(CCNC(=O)C(=O)Nc4ccccc4Cl)n3n2)cc1. The fourth-order valence-corrected chi connectivity index (χ4v) is 3.89. The second kappa shape index (κ2) is 8.64. The topological polar surface area (TPSA) is 88.4 Å². The molecule has 4 rings (SSSR count). The fourth-order valence-electron chi connectivity index (χ4n) is 2.85. The zero-order valence-corrected chi connectivity index (χ0v) is 17.6. The van der Waals surface area contributed by atoms with E-state index >= 15 is 0 Å². The molecule has 0 atom stereocenters. The number of nitrogens with one attached hydrogen (secondary N) is 2. The molecule has 4 aromatic rings. The quantitative estimate of drug-likeness (QED) is 0.464. The summed E-state index contributed by atoms with van der Waals surface area (Å²) in [5, 5.41) is 12.0. The first kappa shape index (κ1) is 20.1. The average molecular weight is 440 g/mol. The van der Waals surface area contributed by atoms with Crippen LogP contribution in [-0.2, 0) is 16.0 Å². The van der Waals surface area contributed by atoms with E-state index in [-0.39, 0.29) is 0 Å². The number of aromatic nitrogens is 3. The van der Waals surface area contributed by atoms with Gasteiger partial charge in [0.15, 0.2) is 5.82 Å². The number of fused-ring (bicyclic) bond motifs is 1. The Morgan fingerprint density at radius 3 is 2.63 bits per heavy atom. The highest BCUT2D eigenvalue weighted by Gasteiger charge is 2.16. The molecule has 0 fully saturated rings. The first-order chi connectivity index (χ1) is 14.5. The lowest BCUT2D eigenvalue weighted by Gasteiger charge is -2.07. The standard InChI is InChI=1S/C21H18ClN5O2S/c1-13-6-8-14(9-7-13)18-25-21-27(26-18)15(12-30-21)10-11-23-19(28)20(29)24-17-5-3-2-4-16(17)22/h2-9,12H,10-11H2,1H3,(H,23,28)(H,24,29). The molecular weight excluding hydrogens is 422 g/mol. The maximum absolute atomic E-state index is 12.1. The molecule has 0 aliphatic rings. The molecule has 0 aliphatic carbocycles. The van der Waals surface area contributed by atoms with Gasteiger partial charge in [-0.25, -0.2) is 4.52 Å². The summed E-state index contributed by atoms with van der Waals surface area (Å²) in [6.45, 7) is 2.32. The van der Waals surface area contributed by atoms with E-state index in [2.05, 4.69) is 20.7 Å². The third-order valence-electron chi connectivity index (χ3n) is 4.45. The van der Waals surface area contributed by atoms with Crippen molar-refractivity contribution >= 4 is 45.4 Å². The Morgan fingerprint density at radius 2 is 1.87 bits per heavy atom. The van der Waals surface area contributed by atoms with Crippen LogP contribution >= 0.6 is 22.9 Å². The Labute approximate surface area is 181 Å². The zero-order chi connectivity index (χ0) is 21.1. The number of benzene rings is 2. The molecular formula is C21H18ClN5O2S. The molecule has 0 saturated carbocycles. The molecule has 2 aromatic heterocycles. The molecule has 0 spiro atoms. The van der Waals surface area contributed by atoms with Crippen molar-refractivity contribution in [3.8, 4) is 11.4 Å². The first-order valence-corrected chi connectivity index (χ1v) is 10.5. The Morgan fingerprint density at radius 1 is 1.10 bits per heavy atom. The van der Waals surface area contributed by atoms with Crippen molar-refractivity contribution in [2.45, 2.75) is 13.3 Å². The summed E-state index contributed by atoms with van der Waals surface area (Å²) in [7, 11) is 0. The van der Waals surface area contributed by atoms with Crippen LogP contribution in [0.25, 0.3) is 16.3 Å². The fraction of sp³-hybridized carbons (Fsp3) is 0.143. The lowest BCUT2D eigenvalue weighted by Crippen LogP contribution is -2.36. The van der Waals surface area contributed by atoms with E-state index in [1.165, 1.54) is 16.9 Å². The molecule has 0 saturated heterocycles. The van der Waals surface area contributed by atoms with Crippen LogP contribution in [-0.4, -0.2) is 33.0 Å². The van der Waals surface area contributed by atoms with E-state index in [0.717, 1.165) is 16.2 Å². The predicted molar refractivity (Wildman–Crippen MR) is 118 cm³/mol. The predicted octanol–water partition coefficient (Wildman–Crippen LogP) is 3.72. The van der Waals surface area contributed by atoms with Gasteiger partial charge in [-0.15, -0.1) is 16.4 Å². The number of thiazole rings is 1. The second-order valence-corrected chi connectivity index (χ2v) is 7.91. The van der Waals surface area contributed by atoms with Gasteiger partial charge in [0, 0.05) is 23.9 Å². The highest BCUT2D eigenvalue weighted by molar-refractivity contribution is 7.15. The minimum Gasteiger partial charge on any atom is -0.347 e. The smallest absolute Gasteiger partial charge is 0.313 e. The van der Waals surface area contributed by atoms with Crippen LogP contribution in [0.2, 0.25) is 5.02 Å². The molecule has 7 nitrogen and oxygen atoms in total. The molecule has 0 bridgehead atoms. The van der Waals surface area contributed by atoms with Gasteiger partial charge in [-0.3, -0.25) is 9.59 Å². The Balaban J connectivity index is 1.37. The van der Waals surface area contributed by atoms with E-state index in [9.17, 15) is 9.59 Å². The third kappa shape index (κ3) is 4.34. The minimum atomic E-state index is -0.763. The Bertz CT molecular complexity index is 1220. The molecule has 0 radical (unpaired) electrons. The van der Waals surface area contributed by atoms with Crippen LogP contribution in [0.5, 0.6) is 0 Å². The summed E-state index contributed by atoms with van der Waals surface area (Å²) in [5.74, 6) is -0.826. The van der Waals surface area contributed by atoms with E-state index in [1.807, 2.05) is 36.6 Å². The van der Waals surface area contributed by atoms with Gasteiger partial charge in [-0.2, -0.15) is 4.98 Å². The largest absolute Gasteiger partial charge is 0.347 e. The number of carbonyl (C=O) groups excluding carboxylic acids is 2. The number of aryl methyl sites for hydroxylation is 1. The summed E-state index contributed by atoms with van der Waals surface area (Å²) < 4.78 is 1.77. The van der Waals surface area contributed by atoms with Gasteiger partial charge >= 0.3 is 11.8 Å². The van der Waals surface area contributed by atoms with E-state index in [4.69, 9.17) is 11.6 Å². The van der Waals surface area contributed by atoms with E-state index in [1.54, 1.807) is 28.8 Å². The van der Waals surface area contributed by atoms with Crippen LogP contribution in [0.1, 0.15) is 11.3 Å². The van der Waals surface area contributed by atoms with Crippen molar-refractivity contribution in [2.75, 3.05) is 11.9 Å². The van der Waals surface area contributed by atoms with Crippen molar-refractivity contribution in [3.05, 3.63) is 70.2 Å². The summed E-state index contributed by atoms with van der Waals surface area (Å²) in [6.07, 6.45) is 0.516. The maximum Gasteiger partial charge on any atom is 0.313 e. The van der Waals surface area contributed by atoms with Gasteiger partial charge < -0.3 is 10.6 Å². The number of halogens is 1. The molecule has 2 N–H and O–H groups in total. The number of amides is 2. The summed E-state index contributed by atoms with van der Waals surface area (Å²) >= 11 is 7.48. The van der Waals surface area contributed by atoms with Crippen molar-refractivity contribution in [3.63, 3.8) is 0 Å². The average Bonchev–Trinajstić information content (AvgIpc) is 3.32. The van der Waals surface area contributed by atoms with Crippen LogP contribution in [0, 0.1) is 6.92 Å². The highest BCUT2D eigenvalue weighted by Crippen LogP contribution is 2.22. The minimum absolute atomic E-state index is 0.292. The summed E-state index contributed by atoms with van der Waals surface area (Å²) in [5.41, 5.74) is 3.43. The van der Waals surface area contributed by atoms with Gasteiger partial charge in [0.1, 0.15) is 0 Å². The first-order valence-electron chi connectivity index (χ1n) is 9.25. The molecule has 2 amide bonds. The Kier molecular flexibility index (Phi) is 5.78. The van der Waals surface area contributed by atoms with Gasteiger partial charge in [0.25, 0.3) is 0 Å². The monoisotopic (exact) mass is 439 g/mol. The van der Waals surface area contributed by atoms with Gasteiger partial charge in [-0.1, -0.05) is 53.6 Å². The van der Waals surface area contributed by atoms with Crippen LogP contribution < -0.4 is 10.6 Å². The van der Waals surface area contributed by atoms with Crippen molar-refractivity contribution in [2.24, 2.45) is 0 Å². The molecule has 0 unspecified atom stereocenters. The zero-order valence-electron chi connectivity index (χ0n) is 16.1. The Hall–Kier alpha value is -3.23. The van der Waals surface area contributed by atoms with Gasteiger partial charge in [-0.05, 0) is 19.1 Å². The molecule has 2 aromatic carbocycles. The molecule has 0 aliphatic heterocycles. The lowest BCUT2D eigenvalue weighted by molar-refractivity contribution is -0.136. The highest BCUT2D eigenvalue weighted by atomic mass is 35.5. The molecule has 2 heterocycles. The van der Waals surface area contributed by atoms with Crippen LogP contribution in [0.15, 0.2) is 53.9 Å². The number of rotatable bonds is 5. The number of hydrogen-bond acceptors (Lipinski definition) is 5. The lowest BCUT2D eigenvalue weighted by atomic mass is 10.1. The summed E-state index contributed by atoms with van der Waals surface area (Å²) in [6, 6.07) is 14.8. The molecule has 152 valence electrons.